The van der Waals surface area contributed by atoms with Crippen LogP contribution in [0.2, 0.25) is 0 Å². The summed E-state index contributed by atoms with van der Waals surface area (Å²) in [6, 6.07) is 69.7. The van der Waals surface area contributed by atoms with Crippen molar-refractivity contribution >= 4 is 76.2 Å². The Bertz CT molecular complexity index is 3540. The topological polar surface area (TPSA) is 35.6 Å². The molecule has 0 bridgehead atoms. The van der Waals surface area contributed by atoms with Crippen molar-refractivity contribution in [3.63, 3.8) is 0 Å². The molecule has 0 fully saturated rings. The maximum atomic E-state index is 5.46. The first-order valence-corrected chi connectivity index (χ1v) is 19.1. The zero-order chi connectivity index (χ0) is 36.7. The van der Waals surface area contributed by atoms with Crippen LogP contribution < -0.4 is 0 Å². The maximum absolute atomic E-state index is 5.46. The van der Waals surface area contributed by atoms with E-state index in [2.05, 4.69) is 191 Å². The largest absolute Gasteiger partial charge is 0.309 e. The normalized spacial score (nSPS) is 11.9. The van der Waals surface area contributed by atoms with Crippen molar-refractivity contribution in [2.45, 2.75) is 0 Å². The highest BCUT2D eigenvalue weighted by atomic mass is 15.1. The molecule has 0 saturated carbocycles. The van der Waals surface area contributed by atoms with E-state index in [0.29, 0.717) is 0 Å². The molecule has 0 spiro atoms. The zero-order valence-electron chi connectivity index (χ0n) is 30.3. The van der Waals surface area contributed by atoms with Gasteiger partial charge in [0.25, 0.3) is 0 Å². The second-order valence-corrected chi connectivity index (χ2v) is 14.6. The van der Waals surface area contributed by atoms with Crippen molar-refractivity contribution in [2.24, 2.45) is 0 Å². The molecule has 0 aliphatic rings. The molecule has 0 aliphatic carbocycles. The molecule has 4 heteroatoms. The van der Waals surface area contributed by atoms with Gasteiger partial charge in [-0.05, 0) is 99.4 Å². The summed E-state index contributed by atoms with van der Waals surface area (Å²) in [5.41, 5.74) is 11.7. The minimum Gasteiger partial charge on any atom is -0.309 e. The lowest BCUT2D eigenvalue weighted by Crippen LogP contribution is -2.03. The molecular formula is C52H32N4. The second-order valence-electron chi connectivity index (χ2n) is 14.6. The van der Waals surface area contributed by atoms with Gasteiger partial charge >= 0.3 is 0 Å². The Morgan fingerprint density at radius 3 is 1.82 bits per heavy atom. The lowest BCUT2D eigenvalue weighted by atomic mass is 9.97. The fourth-order valence-electron chi connectivity index (χ4n) is 8.89. The van der Waals surface area contributed by atoms with Gasteiger partial charge in [0.05, 0.1) is 33.1 Å². The molecule has 0 atom stereocenters. The van der Waals surface area contributed by atoms with Crippen LogP contribution in [-0.4, -0.2) is 19.1 Å². The van der Waals surface area contributed by atoms with Gasteiger partial charge < -0.3 is 4.57 Å². The van der Waals surface area contributed by atoms with Crippen LogP contribution in [0.25, 0.3) is 110 Å². The Morgan fingerprint density at radius 1 is 0.339 bits per heavy atom. The number of benzene rings is 9. The summed E-state index contributed by atoms with van der Waals surface area (Å²) < 4.78 is 4.73. The smallest absolute Gasteiger partial charge is 0.165 e. The number of hydrogen-bond donors (Lipinski definition) is 0. The van der Waals surface area contributed by atoms with Crippen LogP contribution in [0, 0.1) is 0 Å². The lowest BCUT2D eigenvalue weighted by molar-refractivity contribution is 1.08. The van der Waals surface area contributed by atoms with Crippen molar-refractivity contribution in [2.75, 3.05) is 0 Å². The van der Waals surface area contributed by atoms with Crippen LogP contribution in [0.5, 0.6) is 0 Å². The van der Waals surface area contributed by atoms with Crippen molar-refractivity contribution < 1.29 is 0 Å². The van der Waals surface area contributed by atoms with Crippen LogP contribution in [0.1, 0.15) is 0 Å². The Hall–Kier alpha value is -7.56. The zero-order valence-corrected chi connectivity index (χ0v) is 30.3. The van der Waals surface area contributed by atoms with E-state index in [1.807, 2.05) is 12.1 Å². The Morgan fingerprint density at radius 2 is 0.982 bits per heavy atom. The van der Waals surface area contributed by atoms with Gasteiger partial charge in [0.15, 0.2) is 5.82 Å². The molecule has 0 saturated heterocycles. The van der Waals surface area contributed by atoms with E-state index in [1.54, 1.807) is 0 Å². The van der Waals surface area contributed by atoms with E-state index in [9.17, 15) is 0 Å². The molecule has 12 aromatic rings. The van der Waals surface area contributed by atoms with Crippen molar-refractivity contribution in [1.82, 2.24) is 19.1 Å². The predicted molar refractivity (Wildman–Crippen MR) is 234 cm³/mol. The standard InChI is InChI=1S/C52H32N4/c1-2-17-39(18-3-1)55-46-23-11-8-19-41(46)42-31-37(27-28-47(42)55)40-20-12-24-48-50(40)43-30-35-15-6-7-16-36(35)32-49(43)56(48)52-51(53-44-21-9-10-22-45(44)54-52)38-26-25-33-13-4-5-14-34(33)29-38/h1-32H. The molecule has 260 valence electrons. The Kier molecular flexibility index (Phi) is 6.60. The van der Waals surface area contributed by atoms with Crippen molar-refractivity contribution in [3.8, 4) is 33.9 Å². The second kappa shape index (κ2) is 12.0. The predicted octanol–water partition coefficient (Wildman–Crippen LogP) is 13.5. The lowest BCUT2D eigenvalue weighted by Gasteiger charge is -2.14. The summed E-state index contributed by atoms with van der Waals surface area (Å²) in [5, 5.41) is 9.59. The quantitative estimate of drug-likeness (QED) is 0.182. The third-order valence-electron chi connectivity index (χ3n) is 11.4. The number of fused-ring (bicyclic) bond motifs is 9. The van der Waals surface area contributed by atoms with Crippen LogP contribution >= 0.6 is 0 Å². The number of para-hydroxylation sites is 4. The van der Waals surface area contributed by atoms with E-state index in [1.165, 1.54) is 65.3 Å². The molecule has 0 amide bonds. The van der Waals surface area contributed by atoms with E-state index in [0.717, 1.165) is 44.8 Å². The SMILES string of the molecule is c1ccc(-n2c3ccccc3c3cc(-c4cccc5c4c4cc6ccccc6cc4n5-c4nc5ccccc5nc4-c4ccc5ccccc5c4)ccc32)cc1. The molecule has 0 unspecified atom stereocenters. The molecular weight excluding hydrogens is 681 g/mol. The number of nitrogens with zero attached hydrogens (tertiary/aromatic N) is 4. The number of aromatic nitrogens is 4. The average molecular weight is 713 g/mol. The molecule has 9 aromatic carbocycles. The summed E-state index contributed by atoms with van der Waals surface area (Å²) in [4.78, 5) is 10.8. The van der Waals surface area contributed by atoms with Crippen molar-refractivity contribution in [3.05, 3.63) is 194 Å². The third kappa shape index (κ3) is 4.60. The van der Waals surface area contributed by atoms with E-state index < -0.39 is 0 Å². The number of rotatable bonds is 4. The molecule has 0 N–H and O–H groups in total. The van der Waals surface area contributed by atoms with Crippen LogP contribution in [0.4, 0.5) is 0 Å². The minimum atomic E-state index is 0.813. The molecule has 0 radical (unpaired) electrons. The highest BCUT2D eigenvalue weighted by molar-refractivity contribution is 6.20. The van der Waals surface area contributed by atoms with Gasteiger partial charge in [-0.3, -0.25) is 4.57 Å². The highest BCUT2D eigenvalue weighted by Gasteiger charge is 2.23. The molecule has 4 nitrogen and oxygen atoms in total. The molecule has 56 heavy (non-hydrogen) atoms. The van der Waals surface area contributed by atoms with E-state index >= 15 is 0 Å². The summed E-state index contributed by atoms with van der Waals surface area (Å²) >= 11 is 0. The maximum Gasteiger partial charge on any atom is 0.165 e. The molecule has 3 heterocycles. The average Bonchev–Trinajstić information content (AvgIpc) is 3.77. The fourth-order valence-corrected chi connectivity index (χ4v) is 8.89. The summed E-state index contributed by atoms with van der Waals surface area (Å²) in [6.45, 7) is 0. The first kappa shape index (κ1) is 30.9. The van der Waals surface area contributed by atoms with Gasteiger partial charge in [0.2, 0.25) is 0 Å². The van der Waals surface area contributed by atoms with Crippen molar-refractivity contribution in [1.29, 1.82) is 0 Å². The van der Waals surface area contributed by atoms with Gasteiger partial charge in [-0.1, -0.05) is 127 Å². The fraction of sp³-hybridized carbons (Fsp3) is 0. The van der Waals surface area contributed by atoms with Gasteiger partial charge in [-0.2, -0.15) is 0 Å². The van der Waals surface area contributed by atoms with Crippen LogP contribution in [-0.2, 0) is 0 Å². The minimum absolute atomic E-state index is 0.813. The van der Waals surface area contributed by atoms with E-state index in [-0.39, 0.29) is 0 Å². The van der Waals surface area contributed by atoms with E-state index in [4.69, 9.17) is 9.97 Å². The van der Waals surface area contributed by atoms with Crippen LogP contribution in [0.3, 0.4) is 0 Å². The van der Waals surface area contributed by atoms with Gasteiger partial charge in [0.1, 0.15) is 5.69 Å². The summed E-state index contributed by atoms with van der Waals surface area (Å²) in [6.07, 6.45) is 0. The monoisotopic (exact) mass is 712 g/mol. The first-order valence-electron chi connectivity index (χ1n) is 19.1. The molecule has 3 aromatic heterocycles. The highest BCUT2D eigenvalue weighted by Crippen LogP contribution is 2.43. The molecule has 12 rings (SSSR count). The number of hydrogen-bond acceptors (Lipinski definition) is 2. The van der Waals surface area contributed by atoms with Gasteiger partial charge in [-0.15, -0.1) is 0 Å². The summed E-state index contributed by atoms with van der Waals surface area (Å²) in [7, 11) is 0. The molecule has 0 aliphatic heterocycles. The van der Waals surface area contributed by atoms with Crippen LogP contribution in [0.15, 0.2) is 194 Å². The first-order chi connectivity index (χ1) is 27.8. The van der Waals surface area contributed by atoms with Gasteiger partial charge in [0, 0.05) is 32.8 Å². The Labute approximate surface area is 322 Å². The Balaban J connectivity index is 1.18. The summed E-state index contributed by atoms with van der Waals surface area (Å²) in [5.74, 6) is 0.813. The van der Waals surface area contributed by atoms with Gasteiger partial charge in [-0.25, -0.2) is 9.97 Å². The third-order valence-corrected chi connectivity index (χ3v) is 11.4.